The highest BCUT2D eigenvalue weighted by Gasteiger charge is 2.36. The summed E-state index contributed by atoms with van der Waals surface area (Å²) < 4.78 is 5.89. The van der Waals surface area contributed by atoms with E-state index in [9.17, 15) is 9.59 Å². The van der Waals surface area contributed by atoms with Gasteiger partial charge in [0, 0.05) is 30.1 Å². The van der Waals surface area contributed by atoms with Crippen LogP contribution in [0.15, 0.2) is 22.6 Å². The first-order valence-electron chi connectivity index (χ1n) is 8.62. The van der Waals surface area contributed by atoms with E-state index in [1.165, 1.54) is 0 Å². The molecule has 2 atom stereocenters. The van der Waals surface area contributed by atoms with Gasteiger partial charge in [0.2, 0.25) is 5.91 Å². The van der Waals surface area contributed by atoms with E-state index in [1.807, 2.05) is 32.0 Å². The van der Waals surface area contributed by atoms with Crippen LogP contribution in [0.25, 0.3) is 11.0 Å². The summed E-state index contributed by atoms with van der Waals surface area (Å²) in [6, 6.07) is 6.04. The van der Waals surface area contributed by atoms with Crippen LogP contribution in [-0.2, 0) is 4.79 Å². The summed E-state index contributed by atoms with van der Waals surface area (Å²) in [6.45, 7) is 4.98. The van der Waals surface area contributed by atoms with Crippen LogP contribution in [0, 0.1) is 19.8 Å². The fourth-order valence-electron chi connectivity index (χ4n) is 3.90. The molecule has 2 amide bonds. The van der Waals surface area contributed by atoms with E-state index in [4.69, 9.17) is 4.42 Å². The largest absolute Gasteiger partial charge is 0.451 e. The van der Waals surface area contributed by atoms with Crippen LogP contribution in [0.3, 0.4) is 0 Å². The number of hydrogen-bond acceptors (Lipinski definition) is 3. The highest BCUT2D eigenvalue weighted by Crippen LogP contribution is 2.29. The minimum atomic E-state index is -0.103. The lowest BCUT2D eigenvalue weighted by atomic mass is 9.99. The molecule has 2 aliphatic rings. The van der Waals surface area contributed by atoms with E-state index in [2.05, 4.69) is 5.32 Å². The van der Waals surface area contributed by atoms with Gasteiger partial charge in [-0.05, 0) is 38.3 Å². The van der Waals surface area contributed by atoms with Crippen molar-refractivity contribution in [1.29, 1.82) is 0 Å². The van der Waals surface area contributed by atoms with Crippen LogP contribution < -0.4 is 5.32 Å². The minimum Gasteiger partial charge on any atom is -0.451 e. The molecule has 1 N–H and O–H groups in total. The average Bonchev–Trinajstić information content (AvgIpc) is 2.66. The molecule has 0 saturated carbocycles. The first kappa shape index (κ1) is 15.2. The van der Waals surface area contributed by atoms with Crippen molar-refractivity contribution in [3.05, 3.63) is 35.1 Å². The number of rotatable bonds is 1. The maximum Gasteiger partial charge on any atom is 0.289 e. The molecule has 24 heavy (non-hydrogen) atoms. The van der Waals surface area contributed by atoms with Gasteiger partial charge in [0.25, 0.3) is 5.91 Å². The minimum absolute atomic E-state index is 0.0564. The van der Waals surface area contributed by atoms with Gasteiger partial charge in [0.05, 0.1) is 5.92 Å². The van der Waals surface area contributed by atoms with Crippen molar-refractivity contribution >= 4 is 22.8 Å². The summed E-state index contributed by atoms with van der Waals surface area (Å²) in [4.78, 5) is 27.0. The molecular formula is C19H22N2O3. The zero-order chi connectivity index (χ0) is 16.8. The molecule has 2 aliphatic heterocycles. The van der Waals surface area contributed by atoms with Crippen LogP contribution in [-0.4, -0.2) is 35.8 Å². The highest BCUT2D eigenvalue weighted by atomic mass is 16.3. The van der Waals surface area contributed by atoms with Gasteiger partial charge in [-0.3, -0.25) is 9.59 Å². The lowest BCUT2D eigenvalue weighted by Crippen LogP contribution is -2.41. The molecular weight excluding hydrogens is 304 g/mol. The molecule has 4 rings (SSSR count). The second-order valence-electron chi connectivity index (χ2n) is 7.10. The first-order chi connectivity index (χ1) is 11.5. The molecule has 0 aliphatic carbocycles. The van der Waals surface area contributed by atoms with Crippen molar-refractivity contribution in [2.75, 3.05) is 13.1 Å². The smallest absolute Gasteiger partial charge is 0.289 e. The third kappa shape index (κ3) is 2.48. The molecule has 0 spiro atoms. The van der Waals surface area contributed by atoms with Crippen molar-refractivity contribution in [1.82, 2.24) is 10.2 Å². The molecule has 5 nitrogen and oxygen atoms in total. The number of furan rings is 1. The number of nitrogens with zero attached hydrogens (tertiary/aromatic N) is 1. The fraction of sp³-hybridized carbons (Fsp3) is 0.474. The monoisotopic (exact) mass is 326 g/mol. The number of fused-ring (bicyclic) bond motifs is 4. The number of hydrogen-bond donors (Lipinski definition) is 1. The Bertz CT molecular complexity index is 823. The molecule has 0 unspecified atom stereocenters. The van der Waals surface area contributed by atoms with E-state index in [0.717, 1.165) is 41.4 Å². The third-order valence-corrected chi connectivity index (χ3v) is 5.28. The molecule has 1 aromatic carbocycles. The summed E-state index contributed by atoms with van der Waals surface area (Å²) >= 11 is 0. The van der Waals surface area contributed by atoms with Crippen LogP contribution in [0.1, 0.15) is 40.9 Å². The maximum atomic E-state index is 13.1. The highest BCUT2D eigenvalue weighted by molar-refractivity contribution is 5.99. The Hall–Kier alpha value is -2.30. The van der Waals surface area contributed by atoms with Gasteiger partial charge in [-0.15, -0.1) is 0 Å². The van der Waals surface area contributed by atoms with Gasteiger partial charge in [-0.1, -0.05) is 18.6 Å². The summed E-state index contributed by atoms with van der Waals surface area (Å²) in [5, 5.41) is 4.04. The van der Waals surface area contributed by atoms with Gasteiger partial charge in [-0.2, -0.15) is 0 Å². The average molecular weight is 326 g/mol. The number of likely N-dealkylation sites (tertiary alicyclic amines) is 1. The fourth-order valence-corrected chi connectivity index (χ4v) is 3.90. The van der Waals surface area contributed by atoms with Gasteiger partial charge >= 0.3 is 0 Å². The Morgan fingerprint density at radius 2 is 2.08 bits per heavy atom. The molecule has 2 fully saturated rings. The van der Waals surface area contributed by atoms with Crippen molar-refractivity contribution in [2.45, 2.75) is 39.2 Å². The Morgan fingerprint density at radius 1 is 1.25 bits per heavy atom. The molecule has 3 heterocycles. The Balaban J connectivity index is 1.68. The van der Waals surface area contributed by atoms with Crippen LogP contribution in [0.2, 0.25) is 0 Å². The van der Waals surface area contributed by atoms with E-state index >= 15 is 0 Å². The van der Waals surface area contributed by atoms with Gasteiger partial charge in [0.15, 0.2) is 5.76 Å². The molecule has 2 saturated heterocycles. The number of aryl methyl sites for hydroxylation is 2. The normalized spacial score (nSPS) is 23.9. The van der Waals surface area contributed by atoms with Gasteiger partial charge in [0.1, 0.15) is 5.58 Å². The van der Waals surface area contributed by atoms with Crippen LogP contribution in [0.4, 0.5) is 0 Å². The quantitative estimate of drug-likeness (QED) is 0.876. The van der Waals surface area contributed by atoms with Crippen molar-refractivity contribution in [2.24, 2.45) is 5.92 Å². The van der Waals surface area contributed by atoms with E-state index < -0.39 is 0 Å². The first-order valence-corrected chi connectivity index (χ1v) is 8.62. The molecule has 5 heteroatoms. The molecule has 0 radical (unpaired) electrons. The number of nitrogens with one attached hydrogen (secondary N) is 1. The summed E-state index contributed by atoms with van der Waals surface area (Å²) in [5.74, 6) is 0.288. The molecule has 2 bridgehead atoms. The predicted octanol–water partition coefficient (Wildman–Crippen LogP) is 2.79. The van der Waals surface area contributed by atoms with Gasteiger partial charge in [-0.25, -0.2) is 0 Å². The lowest BCUT2D eigenvalue weighted by molar-refractivity contribution is -0.124. The Kier molecular flexibility index (Phi) is 3.59. The zero-order valence-electron chi connectivity index (χ0n) is 14.1. The van der Waals surface area contributed by atoms with Crippen molar-refractivity contribution in [3.8, 4) is 0 Å². The van der Waals surface area contributed by atoms with E-state index in [1.54, 1.807) is 4.90 Å². The number of carbonyl (C=O) groups is 2. The predicted molar refractivity (Wildman–Crippen MR) is 90.9 cm³/mol. The lowest BCUT2D eigenvalue weighted by Gasteiger charge is -2.27. The maximum absolute atomic E-state index is 13.1. The van der Waals surface area contributed by atoms with E-state index in [0.29, 0.717) is 18.8 Å². The second kappa shape index (κ2) is 5.65. The Morgan fingerprint density at radius 3 is 2.92 bits per heavy atom. The van der Waals surface area contributed by atoms with E-state index in [-0.39, 0.29) is 23.8 Å². The number of benzene rings is 1. The zero-order valence-corrected chi connectivity index (χ0v) is 14.1. The third-order valence-electron chi connectivity index (χ3n) is 5.28. The van der Waals surface area contributed by atoms with Crippen LogP contribution in [0.5, 0.6) is 0 Å². The molecule has 126 valence electrons. The van der Waals surface area contributed by atoms with Crippen molar-refractivity contribution in [3.63, 3.8) is 0 Å². The summed E-state index contributed by atoms with van der Waals surface area (Å²) in [6.07, 6.45) is 2.83. The van der Waals surface area contributed by atoms with Crippen molar-refractivity contribution < 1.29 is 14.0 Å². The molecule has 2 aromatic rings. The van der Waals surface area contributed by atoms with Crippen LogP contribution >= 0.6 is 0 Å². The molecule has 1 aromatic heterocycles. The number of amides is 2. The number of carbonyl (C=O) groups excluding carboxylic acids is 2. The van der Waals surface area contributed by atoms with Gasteiger partial charge < -0.3 is 14.6 Å². The summed E-state index contributed by atoms with van der Waals surface area (Å²) in [7, 11) is 0. The summed E-state index contributed by atoms with van der Waals surface area (Å²) in [5.41, 5.74) is 2.73. The SMILES string of the molecule is Cc1ccc2c(C)c(C(=O)N3C[C@@H]4CCC[C@@H](C3)C(=O)N4)oc2c1. The topological polar surface area (TPSA) is 62.6 Å². The Labute approximate surface area is 141 Å². The standard InChI is InChI=1S/C19H22N2O3/c1-11-6-7-15-12(2)17(24-16(15)8-11)19(23)21-9-13-4-3-5-14(10-21)20-18(13)22/h6-8,13-14H,3-5,9-10H2,1-2H3,(H,20,22)/t13-,14-/m0/s1. The second-order valence-corrected chi connectivity index (χ2v) is 7.10.